The average Bonchev–Trinajstić information content (AvgIpc) is 2.70. The summed E-state index contributed by atoms with van der Waals surface area (Å²) >= 11 is 0. The molecule has 0 radical (unpaired) electrons. The number of hydrogen-bond donors (Lipinski definition) is 0. The molecule has 0 unspecified atom stereocenters. The molecule has 2 heteroatoms. The molecule has 0 saturated carbocycles. The van der Waals surface area contributed by atoms with Crippen molar-refractivity contribution in [3.63, 3.8) is 0 Å². The Hall–Kier alpha value is 0.180. The summed E-state index contributed by atoms with van der Waals surface area (Å²) in [6.45, 7) is 16.4. The summed E-state index contributed by atoms with van der Waals surface area (Å²) in [7, 11) is 0. The Kier molecular flexibility index (Phi) is 26.4. The highest BCUT2D eigenvalue weighted by Crippen LogP contribution is 2.18. The highest BCUT2D eigenvalue weighted by Gasteiger charge is 2.24. The van der Waals surface area contributed by atoms with Crippen LogP contribution in [0.3, 0.4) is 0 Å². The van der Waals surface area contributed by atoms with Crippen molar-refractivity contribution in [2.75, 3.05) is 26.2 Å². The largest absolute Gasteiger partial charge is 1.00 e. The van der Waals surface area contributed by atoms with Crippen molar-refractivity contribution >= 4 is 0 Å². The lowest BCUT2D eigenvalue weighted by Crippen LogP contribution is -3.00. The van der Waals surface area contributed by atoms with Crippen LogP contribution in [0, 0.1) is 0 Å². The fraction of sp³-hybridized carbons (Fsp3) is 0.926. The molecule has 1 nitrogen and oxygen atoms in total. The Morgan fingerprint density at radius 1 is 0.483 bits per heavy atom. The highest BCUT2D eigenvalue weighted by molar-refractivity contribution is 4.67. The monoisotopic (exact) mass is 473 g/mol. The Morgan fingerprint density at radius 2 is 0.759 bits per heavy atom. The second kappa shape index (κ2) is 24.4. The van der Waals surface area contributed by atoms with Crippen LogP contribution in [-0.2, 0) is 0 Å². The van der Waals surface area contributed by atoms with E-state index in [0.29, 0.717) is 0 Å². The summed E-state index contributed by atoms with van der Waals surface area (Å²) < 4.78 is 1.33. The number of rotatable bonds is 23. The van der Waals surface area contributed by atoms with Gasteiger partial charge in [0.15, 0.2) is 0 Å². The second-order valence-electron chi connectivity index (χ2n) is 9.29. The van der Waals surface area contributed by atoms with Gasteiger partial charge in [0, 0.05) is 0 Å². The summed E-state index contributed by atoms with van der Waals surface area (Å²) in [5.41, 5.74) is 0. The van der Waals surface area contributed by atoms with Crippen LogP contribution in [0.15, 0.2) is 12.7 Å². The summed E-state index contributed by atoms with van der Waals surface area (Å²) in [6.07, 6.45) is 27.7. The fourth-order valence-corrected chi connectivity index (χ4v) is 4.57. The van der Waals surface area contributed by atoms with E-state index in [-0.39, 0.29) is 17.0 Å². The highest BCUT2D eigenvalue weighted by atomic mass is 79.9. The third kappa shape index (κ3) is 19.9. The van der Waals surface area contributed by atoms with Crippen LogP contribution in [0.2, 0.25) is 0 Å². The molecule has 0 aromatic carbocycles. The van der Waals surface area contributed by atoms with Gasteiger partial charge < -0.3 is 21.5 Å². The predicted molar refractivity (Wildman–Crippen MR) is 130 cm³/mol. The van der Waals surface area contributed by atoms with Crippen LogP contribution in [0.25, 0.3) is 0 Å². The first-order valence-electron chi connectivity index (χ1n) is 13.2. The maximum absolute atomic E-state index is 4.14. The molecule has 0 aliphatic rings. The molecule has 0 atom stereocenters. The van der Waals surface area contributed by atoms with Crippen molar-refractivity contribution in [1.29, 1.82) is 0 Å². The maximum atomic E-state index is 4.14. The minimum Gasteiger partial charge on any atom is -1.00 e. The van der Waals surface area contributed by atoms with Gasteiger partial charge in [-0.15, -0.1) is 0 Å². The van der Waals surface area contributed by atoms with Gasteiger partial charge in [0.05, 0.1) is 26.2 Å². The number of quaternary nitrogens is 1. The Balaban J connectivity index is 0. The van der Waals surface area contributed by atoms with Crippen molar-refractivity contribution < 1.29 is 21.5 Å². The van der Waals surface area contributed by atoms with E-state index < -0.39 is 0 Å². The maximum Gasteiger partial charge on any atom is 0.0971 e. The van der Waals surface area contributed by atoms with Crippen LogP contribution < -0.4 is 17.0 Å². The van der Waals surface area contributed by atoms with E-state index in [1.807, 2.05) is 0 Å². The first kappa shape index (κ1) is 31.4. The molecule has 0 saturated heterocycles. The minimum atomic E-state index is 0. The van der Waals surface area contributed by atoms with Crippen molar-refractivity contribution in [3.05, 3.63) is 12.7 Å². The van der Waals surface area contributed by atoms with Crippen molar-refractivity contribution in [3.8, 4) is 0 Å². The van der Waals surface area contributed by atoms with Gasteiger partial charge in [0.2, 0.25) is 0 Å². The van der Waals surface area contributed by atoms with Gasteiger partial charge in [0.1, 0.15) is 0 Å². The van der Waals surface area contributed by atoms with Gasteiger partial charge in [-0.05, 0) is 44.6 Å². The van der Waals surface area contributed by atoms with Gasteiger partial charge in [-0.1, -0.05) is 104 Å². The fourth-order valence-electron chi connectivity index (χ4n) is 4.57. The molecule has 29 heavy (non-hydrogen) atoms. The van der Waals surface area contributed by atoms with Crippen LogP contribution in [0.1, 0.15) is 136 Å². The Labute approximate surface area is 196 Å². The molecule has 0 aromatic rings. The van der Waals surface area contributed by atoms with Crippen LogP contribution in [0.4, 0.5) is 0 Å². The number of nitrogens with zero attached hydrogens (tertiary/aromatic N) is 1. The molecule has 176 valence electrons. The second-order valence-corrected chi connectivity index (χ2v) is 9.29. The molecule has 0 N–H and O–H groups in total. The molecule has 0 amide bonds. The summed E-state index contributed by atoms with van der Waals surface area (Å²) in [5, 5.41) is 0. The molecule has 0 spiro atoms. The summed E-state index contributed by atoms with van der Waals surface area (Å²) in [5.74, 6) is 0. The van der Waals surface area contributed by atoms with Gasteiger partial charge >= 0.3 is 0 Å². The van der Waals surface area contributed by atoms with Crippen molar-refractivity contribution in [1.82, 2.24) is 0 Å². The van der Waals surface area contributed by atoms with E-state index >= 15 is 0 Å². The van der Waals surface area contributed by atoms with E-state index in [4.69, 9.17) is 0 Å². The molecule has 0 rings (SSSR count). The third-order valence-corrected chi connectivity index (χ3v) is 6.47. The van der Waals surface area contributed by atoms with E-state index in [1.54, 1.807) is 0 Å². The van der Waals surface area contributed by atoms with Gasteiger partial charge in [-0.25, -0.2) is 0 Å². The van der Waals surface area contributed by atoms with Gasteiger partial charge in [-0.3, -0.25) is 0 Å². The predicted octanol–water partition coefficient (Wildman–Crippen LogP) is 6.07. The van der Waals surface area contributed by atoms with Crippen molar-refractivity contribution in [2.24, 2.45) is 0 Å². The number of hydrogen-bond acceptors (Lipinski definition) is 0. The number of halogens is 1. The first-order chi connectivity index (χ1) is 13.7. The van der Waals surface area contributed by atoms with Gasteiger partial charge in [0.25, 0.3) is 0 Å². The van der Waals surface area contributed by atoms with E-state index in [9.17, 15) is 0 Å². The molecule has 0 aliphatic carbocycles. The third-order valence-electron chi connectivity index (χ3n) is 6.47. The first-order valence-corrected chi connectivity index (χ1v) is 13.2. The van der Waals surface area contributed by atoms with Crippen LogP contribution in [-0.4, -0.2) is 30.7 Å². The molecule has 0 aliphatic heterocycles. The Bertz CT molecular complexity index is 275. The molecule has 0 aromatic heterocycles. The number of unbranched alkanes of at least 4 members (excludes halogenated alkanes) is 15. The van der Waals surface area contributed by atoms with E-state index in [2.05, 4.69) is 33.4 Å². The van der Waals surface area contributed by atoms with E-state index in [0.717, 1.165) is 0 Å². The molecular formula is C27H56BrN. The smallest absolute Gasteiger partial charge is 0.0971 e. The SMILES string of the molecule is C=CC[N+](CCCCCCCC)(CCCCCCCC)CCCCCCCC.[Br-]. The quantitative estimate of drug-likeness (QED) is 0.0957. The molecule has 0 fully saturated rings. The molecular weight excluding hydrogens is 418 g/mol. The lowest BCUT2D eigenvalue weighted by Gasteiger charge is -2.38. The standard InChI is InChI=1S/C27H56N.BrH/c1-5-9-12-15-18-21-25-28(24-8-4,26-22-19-16-13-10-6-2)27-23-20-17-14-11-7-3;/h8H,4-7,9-27H2,1-3H3;1H/q+1;/p-1. The van der Waals surface area contributed by atoms with E-state index in [1.165, 1.54) is 146 Å². The normalized spacial score (nSPS) is 11.4. The zero-order chi connectivity index (χ0) is 20.8. The lowest BCUT2D eigenvalue weighted by atomic mass is 10.1. The molecule has 0 heterocycles. The van der Waals surface area contributed by atoms with Gasteiger partial charge in [-0.2, -0.15) is 0 Å². The zero-order valence-electron chi connectivity index (χ0n) is 20.7. The average molecular weight is 475 g/mol. The Morgan fingerprint density at radius 3 is 1.03 bits per heavy atom. The minimum absolute atomic E-state index is 0. The van der Waals surface area contributed by atoms with Crippen LogP contribution >= 0.6 is 0 Å². The summed E-state index contributed by atoms with van der Waals surface area (Å²) in [6, 6.07) is 0. The molecule has 0 bridgehead atoms. The van der Waals surface area contributed by atoms with Crippen molar-refractivity contribution in [2.45, 2.75) is 136 Å². The topological polar surface area (TPSA) is 0 Å². The van der Waals surface area contributed by atoms with Crippen LogP contribution in [0.5, 0.6) is 0 Å². The summed E-state index contributed by atoms with van der Waals surface area (Å²) in [4.78, 5) is 0. The lowest BCUT2D eigenvalue weighted by molar-refractivity contribution is -0.923. The zero-order valence-corrected chi connectivity index (χ0v) is 22.3.